The number of esters is 1. The lowest BCUT2D eigenvalue weighted by molar-refractivity contribution is -0.140. The van der Waals surface area contributed by atoms with Crippen LogP contribution in [0.4, 0.5) is 0 Å². The van der Waals surface area contributed by atoms with Gasteiger partial charge in [0.05, 0.1) is 23.4 Å². The molecule has 3 N–H and O–H groups in total. The van der Waals surface area contributed by atoms with Gasteiger partial charge in [-0.3, -0.25) is 24.1 Å². The summed E-state index contributed by atoms with van der Waals surface area (Å²) in [7, 11) is 2.12. The molecular formula is C42H47N5O7. The van der Waals surface area contributed by atoms with Gasteiger partial charge in [-0.2, -0.15) is 0 Å². The van der Waals surface area contributed by atoms with Crippen LogP contribution in [0.15, 0.2) is 59.4 Å². The highest BCUT2D eigenvalue weighted by atomic mass is 16.5. The summed E-state index contributed by atoms with van der Waals surface area (Å²) in [6.45, 7) is 7.15. The molecule has 4 aromatic rings. The molecule has 0 saturated carbocycles. The van der Waals surface area contributed by atoms with Gasteiger partial charge in [0.1, 0.15) is 18.0 Å². The Morgan fingerprint density at radius 1 is 1.02 bits per heavy atom. The Hall–Kier alpha value is -4.85. The van der Waals surface area contributed by atoms with Crippen LogP contribution in [-0.2, 0) is 46.0 Å². The Bertz CT molecular complexity index is 2190. The van der Waals surface area contributed by atoms with Gasteiger partial charge in [0.25, 0.3) is 5.56 Å². The van der Waals surface area contributed by atoms with E-state index in [0.29, 0.717) is 72.8 Å². The lowest BCUT2D eigenvalue weighted by Gasteiger charge is -2.33. The smallest absolute Gasteiger partial charge is 0.311 e. The summed E-state index contributed by atoms with van der Waals surface area (Å²) in [5.41, 5.74) is 4.95. The van der Waals surface area contributed by atoms with E-state index < -0.39 is 12.2 Å². The van der Waals surface area contributed by atoms with E-state index in [4.69, 9.17) is 14.8 Å². The summed E-state index contributed by atoms with van der Waals surface area (Å²) >= 11 is 0. The van der Waals surface area contributed by atoms with Crippen molar-refractivity contribution in [2.75, 3.05) is 46.4 Å². The third-order valence-corrected chi connectivity index (χ3v) is 11.0. The minimum atomic E-state index is -1.68. The molecule has 2 aliphatic heterocycles. The number of hydrogen-bond donors (Lipinski definition) is 3. The molecule has 0 bridgehead atoms. The first-order chi connectivity index (χ1) is 26.1. The second-order valence-corrected chi connectivity index (χ2v) is 14.6. The number of hydrogen-bond acceptors (Lipinski definition) is 11. The average Bonchev–Trinajstić information content (AvgIpc) is 3.55. The number of carbonyl (C=O) groups excluding carboxylic acids is 3. The molecule has 1 atom stereocenters. The number of piperazine rings is 1. The van der Waals surface area contributed by atoms with E-state index in [0.717, 1.165) is 53.8 Å². The fourth-order valence-corrected chi connectivity index (χ4v) is 7.76. The van der Waals surface area contributed by atoms with Gasteiger partial charge in [-0.1, -0.05) is 37.3 Å². The fraction of sp³-hybridized carbons (Fsp3) is 0.405. The number of aliphatic hydroxyl groups is 2. The summed E-state index contributed by atoms with van der Waals surface area (Å²) in [4.78, 5) is 60.9. The zero-order valence-electron chi connectivity index (χ0n) is 30.9. The number of nitrogens with one attached hydrogen (secondary N) is 1. The van der Waals surface area contributed by atoms with Crippen molar-refractivity contribution in [1.29, 1.82) is 0 Å². The van der Waals surface area contributed by atoms with Gasteiger partial charge in [-0.05, 0) is 79.9 Å². The standard InChI is InChI=1S/C42H47N5O7/c1-3-42(53)35-22-37-40-34(25-47(37)41(52)31(35)13-15-38(42)50)33(24-46-19-17-45(2)18-20-46)32-21-30(12-14-36(32)44-40)54-39(51)5-4-16-43-23-28-8-6-27(7-9-28)10-11-29(49)26-48/h6-12,14,21-22,43,48,53H,3-5,13,15-20,23-26H2,1-2H3/b11-10+/t42-/m0/s1. The van der Waals surface area contributed by atoms with E-state index in [1.54, 1.807) is 23.6 Å². The minimum Gasteiger partial charge on any atom is -0.427 e. The van der Waals surface area contributed by atoms with Crippen molar-refractivity contribution in [1.82, 2.24) is 24.7 Å². The van der Waals surface area contributed by atoms with Gasteiger partial charge in [-0.15, -0.1) is 0 Å². The van der Waals surface area contributed by atoms with Crippen LogP contribution in [0.5, 0.6) is 5.75 Å². The van der Waals surface area contributed by atoms with Crippen LogP contribution in [0.1, 0.15) is 66.0 Å². The Labute approximate surface area is 314 Å². The highest BCUT2D eigenvalue weighted by molar-refractivity contribution is 5.94. The average molecular weight is 734 g/mol. The molecule has 7 rings (SSSR count). The summed E-state index contributed by atoms with van der Waals surface area (Å²) < 4.78 is 7.58. The molecule has 0 radical (unpaired) electrons. The van der Waals surface area contributed by atoms with E-state index in [1.165, 1.54) is 6.08 Å². The normalized spacial score (nSPS) is 18.6. The van der Waals surface area contributed by atoms with Crippen molar-refractivity contribution in [2.45, 2.75) is 64.3 Å². The molecule has 1 saturated heterocycles. The monoisotopic (exact) mass is 733 g/mol. The first-order valence-electron chi connectivity index (χ1n) is 18.8. The van der Waals surface area contributed by atoms with Crippen molar-refractivity contribution < 1.29 is 29.3 Å². The number of carbonyl (C=O) groups is 3. The van der Waals surface area contributed by atoms with Crippen LogP contribution in [0.2, 0.25) is 0 Å². The van der Waals surface area contributed by atoms with Crippen LogP contribution in [-0.4, -0.2) is 93.5 Å². The van der Waals surface area contributed by atoms with Gasteiger partial charge in [0.15, 0.2) is 11.6 Å². The molecule has 0 amide bonds. The predicted molar refractivity (Wildman–Crippen MR) is 205 cm³/mol. The number of likely N-dealkylation sites (N-methyl/N-ethyl adjacent to an activating group) is 1. The number of aromatic nitrogens is 2. The summed E-state index contributed by atoms with van der Waals surface area (Å²) in [6.07, 6.45) is 4.49. The van der Waals surface area contributed by atoms with E-state index in [-0.39, 0.29) is 42.4 Å². The van der Waals surface area contributed by atoms with Gasteiger partial charge >= 0.3 is 5.97 Å². The van der Waals surface area contributed by atoms with Gasteiger partial charge < -0.3 is 29.7 Å². The quantitative estimate of drug-likeness (QED) is 0.0707. The molecule has 282 valence electrons. The van der Waals surface area contributed by atoms with Crippen molar-refractivity contribution >= 4 is 34.5 Å². The number of benzene rings is 2. The Morgan fingerprint density at radius 3 is 2.54 bits per heavy atom. The first-order valence-corrected chi connectivity index (χ1v) is 18.8. The molecular weight excluding hydrogens is 686 g/mol. The zero-order chi connectivity index (χ0) is 38.0. The Kier molecular flexibility index (Phi) is 11.0. The zero-order valence-corrected chi connectivity index (χ0v) is 30.9. The summed E-state index contributed by atoms with van der Waals surface area (Å²) in [5, 5.41) is 24.5. The minimum absolute atomic E-state index is 0.138. The first kappa shape index (κ1) is 37.5. The Balaban J connectivity index is 1.08. The van der Waals surface area contributed by atoms with E-state index >= 15 is 0 Å². The number of fused-ring (bicyclic) bond motifs is 5. The van der Waals surface area contributed by atoms with Crippen LogP contribution in [0, 0.1) is 0 Å². The number of nitrogens with zero attached hydrogens (tertiary/aromatic N) is 4. The van der Waals surface area contributed by atoms with Crippen molar-refractivity contribution in [2.24, 2.45) is 0 Å². The maximum atomic E-state index is 14.0. The van der Waals surface area contributed by atoms with Gasteiger partial charge in [0, 0.05) is 74.2 Å². The third-order valence-electron chi connectivity index (χ3n) is 11.0. The molecule has 0 spiro atoms. The van der Waals surface area contributed by atoms with Crippen molar-refractivity contribution in [3.05, 3.63) is 98.3 Å². The molecule has 2 aromatic heterocycles. The van der Waals surface area contributed by atoms with Gasteiger partial charge in [0.2, 0.25) is 0 Å². The van der Waals surface area contributed by atoms with E-state index in [1.807, 2.05) is 42.5 Å². The summed E-state index contributed by atoms with van der Waals surface area (Å²) in [6, 6.07) is 15.0. The highest BCUT2D eigenvalue weighted by Crippen LogP contribution is 2.41. The third kappa shape index (κ3) is 7.57. The summed E-state index contributed by atoms with van der Waals surface area (Å²) in [5.74, 6) is -0.497. The Morgan fingerprint density at radius 2 is 1.80 bits per heavy atom. The van der Waals surface area contributed by atoms with Crippen LogP contribution >= 0.6 is 0 Å². The fourth-order valence-electron chi connectivity index (χ4n) is 7.76. The molecule has 54 heavy (non-hydrogen) atoms. The molecule has 12 heteroatoms. The van der Waals surface area contributed by atoms with Crippen LogP contribution in [0.25, 0.3) is 28.4 Å². The number of ketones is 2. The van der Waals surface area contributed by atoms with Crippen molar-refractivity contribution in [3.63, 3.8) is 0 Å². The second-order valence-electron chi connectivity index (χ2n) is 14.6. The lowest BCUT2D eigenvalue weighted by Crippen LogP contribution is -2.44. The van der Waals surface area contributed by atoms with E-state index in [2.05, 4.69) is 22.2 Å². The molecule has 1 fully saturated rings. The molecule has 3 aliphatic rings. The van der Waals surface area contributed by atoms with E-state index in [9.17, 15) is 24.3 Å². The van der Waals surface area contributed by atoms with Crippen molar-refractivity contribution in [3.8, 4) is 17.1 Å². The maximum absolute atomic E-state index is 14.0. The number of aliphatic hydroxyl groups excluding tert-OH is 1. The van der Waals surface area contributed by atoms with Crippen LogP contribution < -0.4 is 15.6 Å². The molecule has 12 nitrogen and oxygen atoms in total. The largest absolute Gasteiger partial charge is 0.427 e. The number of pyridine rings is 2. The van der Waals surface area contributed by atoms with Gasteiger partial charge in [-0.25, -0.2) is 4.98 Å². The van der Waals surface area contributed by atoms with Crippen LogP contribution in [0.3, 0.4) is 0 Å². The topological polar surface area (TPSA) is 154 Å². The molecule has 2 aromatic carbocycles. The SMILES string of the molecule is CC[C@@]1(O)C(=O)CCc2c1cc1n(c2=O)Cc2c-1nc1ccc(OC(=O)CCCNCc3ccc(/C=C/C(=O)CO)cc3)cc1c2CN1CCN(C)CC1. The molecule has 1 aliphatic carbocycles. The highest BCUT2D eigenvalue weighted by Gasteiger charge is 2.43. The number of ether oxygens (including phenoxy) is 1. The lowest BCUT2D eigenvalue weighted by atomic mass is 9.77. The number of Topliss-reactive ketones (excluding diaryl/α,β-unsaturated/α-hetero) is 1. The molecule has 0 unspecified atom stereocenters. The maximum Gasteiger partial charge on any atom is 0.311 e. The molecule has 4 heterocycles. The second kappa shape index (κ2) is 15.9. The predicted octanol–water partition coefficient (Wildman–Crippen LogP) is 3.34. The number of rotatable bonds is 13.